The van der Waals surface area contributed by atoms with E-state index >= 15 is 0 Å². The molecule has 0 unspecified atom stereocenters. The van der Waals surface area contributed by atoms with Gasteiger partial charge in [-0.25, -0.2) is 0 Å². The van der Waals surface area contributed by atoms with Crippen molar-refractivity contribution in [2.75, 3.05) is 18.0 Å². The quantitative estimate of drug-likeness (QED) is 0.795. The molecule has 0 atom stereocenters. The monoisotopic (exact) mass is 301 g/mol. The third-order valence-corrected chi connectivity index (χ3v) is 5.05. The van der Waals surface area contributed by atoms with E-state index in [1.54, 1.807) is 11.8 Å². The van der Waals surface area contributed by atoms with Gasteiger partial charge in [0.2, 0.25) is 5.95 Å². The Balaban J connectivity index is 1.54. The number of pyridine rings is 1. The van der Waals surface area contributed by atoms with Crippen molar-refractivity contribution < 1.29 is 0 Å². The first-order valence-corrected chi connectivity index (χ1v) is 8.62. The predicted molar refractivity (Wildman–Crippen MR) is 83.5 cm³/mol. The molecule has 4 rings (SSSR count). The summed E-state index contributed by atoms with van der Waals surface area (Å²) in [4.78, 5) is 6.56. The number of hydrogen-bond donors (Lipinski definition) is 0. The highest BCUT2D eigenvalue weighted by Gasteiger charge is 2.32. The minimum absolute atomic E-state index is 0.618. The Morgan fingerprint density at radius 2 is 2.05 bits per heavy atom. The van der Waals surface area contributed by atoms with Crippen molar-refractivity contribution in [2.24, 2.45) is 0 Å². The van der Waals surface area contributed by atoms with E-state index in [1.165, 1.54) is 31.2 Å². The summed E-state index contributed by atoms with van der Waals surface area (Å²) in [7, 11) is 0. The summed E-state index contributed by atoms with van der Waals surface area (Å²) in [5, 5.41) is 9.98. The Morgan fingerprint density at radius 3 is 2.76 bits per heavy atom. The van der Waals surface area contributed by atoms with Gasteiger partial charge in [0.25, 0.3) is 0 Å². The van der Waals surface area contributed by atoms with E-state index in [4.69, 9.17) is 0 Å². The third-order valence-electron chi connectivity index (χ3n) is 4.04. The van der Waals surface area contributed by atoms with Crippen LogP contribution in [0.1, 0.15) is 37.3 Å². The molecule has 2 aliphatic rings. The molecule has 0 aromatic carbocycles. The maximum Gasteiger partial charge on any atom is 0.228 e. The molecule has 2 aromatic rings. The Bertz CT molecular complexity index is 602. The number of rotatable bonds is 5. The average Bonchev–Trinajstić information content (AvgIpc) is 3.05. The molecule has 0 spiro atoms. The second-order valence-corrected chi connectivity index (χ2v) is 6.67. The first kappa shape index (κ1) is 13.1. The van der Waals surface area contributed by atoms with Crippen LogP contribution in [0.5, 0.6) is 0 Å². The van der Waals surface area contributed by atoms with E-state index < -0.39 is 0 Å². The normalized spacial score (nSPS) is 18.4. The van der Waals surface area contributed by atoms with Crippen molar-refractivity contribution >= 4 is 17.7 Å². The fraction of sp³-hybridized carbons (Fsp3) is 0.533. The Hall–Kier alpha value is -1.56. The van der Waals surface area contributed by atoms with E-state index in [0.29, 0.717) is 6.04 Å². The standard InChI is InChI=1S/C15H19N5S/c1-2-9-19(8-1)14-17-18-15(20(14)13-5-6-13)21-11-12-4-3-7-16-10-12/h3-4,7,10,13H,1-2,5-6,8-9,11H2. The highest BCUT2D eigenvalue weighted by Crippen LogP contribution is 2.41. The molecule has 1 aliphatic carbocycles. The summed E-state index contributed by atoms with van der Waals surface area (Å²) in [5.74, 6) is 1.99. The fourth-order valence-corrected chi connectivity index (χ4v) is 3.72. The Labute approximate surface area is 128 Å². The molecule has 1 saturated carbocycles. The molecule has 6 heteroatoms. The number of hydrogen-bond acceptors (Lipinski definition) is 5. The van der Waals surface area contributed by atoms with Crippen LogP contribution < -0.4 is 4.90 Å². The summed E-state index contributed by atoms with van der Waals surface area (Å²) in [6.45, 7) is 2.25. The van der Waals surface area contributed by atoms with Crippen LogP contribution in [0, 0.1) is 0 Å². The topological polar surface area (TPSA) is 46.8 Å². The molecule has 1 saturated heterocycles. The van der Waals surface area contributed by atoms with Crippen LogP contribution in [0.3, 0.4) is 0 Å². The van der Waals surface area contributed by atoms with Gasteiger partial charge in [-0.1, -0.05) is 17.8 Å². The molecule has 0 bridgehead atoms. The van der Waals surface area contributed by atoms with Crippen LogP contribution >= 0.6 is 11.8 Å². The smallest absolute Gasteiger partial charge is 0.228 e. The van der Waals surface area contributed by atoms with Crippen LogP contribution in [0.2, 0.25) is 0 Å². The van der Waals surface area contributed by atoms with E-state index in [0.717, 1.165) is 29.9 Å². The van der Waals surface area contributed by atoms with Crippen LogP contribution in [0.15, 0.2) is 29.7 Å². The lowest BCUT2D eigenvalue weighted by Gasteiger charge is -2.17. The molecule has 2 fully saturated rings. The zero-order valence-corrected chi connectivity index (χ0v) is 12.8. The summed E-state index contributed by atoms with van der Waals surface area (Å²) in [6.07, 6.45) is 8.81. The van der Waals surface area contributed by atoms with Gasteiger partial charge < -0.3 is 4.90 Å². The van der Waals surface area contributed by atoms with Gasteiger partial charge in [0.1, 0.15) is 0 Å². The van der Waals surface area contributed by atoms with E-state index in [2.05, 4.69) is 30.7 Å². The summed E-state index contributed by atoms with van der Waals surface area (Å²) in [6, 6.07) is 4.71. The first-order chi connectivity index (χ1) is 10.4. The number of thioether (sulfide) groups is 1. The lowest BCUT2D eigenvalue weighted by molar-refractivity contribution is 0.651. The maximum atomic E-state index is 4.47. The summed E-state index contributed by atoms with van der Waals surface area (Å²) >= 11 is 1.77. The Kier molecular flexibility index (Phi) is 3.55. The van der Waals surface area contributed by atoms with E-state index in [1.807, 2.05) is 18.5 Å². The van der Waals surface area contributed by atoms with Gasteiger partial charge >= 0.3 is 0 Å². The number of anilines is 1. The van der Waals surface area contributed by atoms with Crippen molar-refractivity contribution in [1.29, 1.82) is 0 Å². The lowest BCUT2D eigenvalue weighted by Crippen LogP contribution is -2.22. The molecule has 5 nitrogen and oxygen atoms in total. The molecule has 110 valence electrons. The van der Waals surface area contributed by atoms with Gasteiger partial charge in [-0.05, 0) is 37.3 Å². The largest absolute Gasteiger partial charge is 0.341 e. The zero-order chi connectivity index (χ0) is 14.1. The van der Waals surface area contributed by atoms with Crippen molar-refractivity contribution in [3.8, 4) is 0 Å². The molecule has 1 aliphatic heterocycles. The SMILES string of the molecule is c1cncc(CSc2nnc(N3CCCC3)n2C2CC2)c1. The minimum Gasteiger partial charge on any atom is -0.341 e. The summed E-state index contributed by atoms with van der Waals surface area (Å²) in [5.41, 5.74) is 1.23. The van der Waals surface area contributed by atoms with Crippen molar-refractivity contribution in [2.45, 2.75) is 42.6 Å². The number of nitrogens with zero attached hydrogens (tertiary/aromatic N) is 5. The van der Waals surface area contributed by atoms with Crippen LogP contribution in [-0.4, -0.2) is 32.8 Å². The van der Waals surface area contributed by atoms with Crippen LogP contribution in [0.25, 0.3) is 0 Å². The molecule has 3 heterocycles. The molecule has 0 radical (unpaired) electrons. The van der Waals surface area contributed by atoms with Crippen molar-refractivity contribution in [3.63, 3.8) is 0 Å². The minimum atomic E-state index is 0.618. The second kappa shape index (κ2) is 5.67. The van der Waals surface area contributed by atoms with E-state index in [9.17, 15) is 0 Å². The predicted octanol–water partition coefficient (Wildman–Crippen LogP) is 2.90. The zero-order valence-electron chi connectivity index (χ0n) is 12.0. The fourth-order valence-electron chi connectivity index (χ4n) is 2.78. The number of aromatic nitrogens is 4. The van der Waals surface area contributed by atoms with Crippen molar-refractivity contribution in [1.82, 2.24) is 19.7 Å². The van der Waals surface area contributed by atoms with Gasteiger partial charge in [0.05, 0.1) is 0 Å². The third kappa shape index (κ3) is 2.77. The van der Waals surface area contributed by atoms with Gasteiger partial charge in [-0.2, -0.15) is 0 Å². The second-order valence-electron chi connectivity index (χ2n) is 5.73. The molecule has 2 aromatic heterocycles. The van der Waals surface area contributed by atoms with Gasteiger partial charge in [0.15, 0.2) is 5.16 Å². The van der Waals surface area contributed by atoms with Crippen LogP contribution in [0.4, 0.5) is 5.95 Å². The molecule has 0 N–H and O–H groups in total. The molecule has 0 amide bonds. The molecule has 21 heavy (non-hydrogen) atoms. The first-order valence-electron chi connectivity index (χ1n) is 7.63. The van der Waals surface area contributed by atoms with Crippen molar-refractivity contribution in [3.05, 3.63) is 30.1 Å². The Morgan fingerprint density at radius 1 is 1.19 bits per heavy atom. The van der Waals surface area contributed by atoms with Gasteiger partial charge in [-0.15, -0.1) is 10.2 Å². The highest BCUT2D eigenvalue weighted by molar-refractivity contribution is 7.98. The highest BCUT2D eigenvalue weighted by atomic mass is 32.2. The molecular formula is C15H19N5S. The van der Waals surface area contributed by atoms with Gasteiger partial charge in [0, 0.05) is 37.3 Å². The van der Waals surface area contributed by atoms with Gasteiger partial charge in [-0.3, -0.25) is 9.55 Å². The average molecular weight is 301 g/mol. The summed E-state index contributed by atoms with van der Waals surface area (Å²) < 4.78 is 2.37. The maximum absolute atomic E-state index is 4.47. The van der Waals surface area contributed by atoms with Crippen LogP contribution in [-0.2, 0) is 5.75 Å². The van der Waals surface area contributed by atoms with E-state index in [-0.39, 0.29) is 0 Å². The molecular weight excluding hydrogens is 282 g/mol. The lowest BCUT2D eigenvalue weighted by atomic mass is 10.3.